The van der Waals surface area contributed by atoms with Crippen LogP contribution < -0.4 is 0 Å². The molecule has 2 rings (SSSR count). The Morgan fingerprint density at radius 1 is 0.812 bits per heavy atom. The number of hydrogen-bond donors (Lipinski definition) is 0. The summed E-state index contributed by atoms with van der Waals surface area (Å²) in [6.07, 6.45) is 0. The van der Waals surface area contributed by atoms with Crippen LogP contribution in [0.25, 0.3) is 10.8 Å². The normalized spacial score (nSPS) is 11.1. The second-order valence-corrected chi connectivity index (χ2v) is 6.97. The second-order valence-electron chi connectivity index (χ2n) is 3.74. The van der Waals surface area contributed by atoms with Gasteiger partial charge in [-0.15, -0.1) is 0 Å². The van der Waals surface area contributed by atoms with E-state index >= 15 is 0 Å². The summed E-state index contributed by atoms with van der Waals surface area (Å²) in [5.41, 5.74) is 2.45. The zero-order chi connectivity index (χ0) is 12.0. The zero-order valence-corrected chi connectivity index (χ0v) is 15.0. The second kappa shape index (κ2) is 4.71. The largest absolute Gasteiger partial charge is 0.0502 e. The van der Waals surface area contributed by atoms with Crippen molar-refractivity contribution < 1.29 is 0 Å². The molecule has 0 aliphatic rings. The van der Waals surface area contributed by atoms with Crippen molar-refractivity contribution in [2.24, 2.45) is 0 Å². The zero-order valence-electron chi connectivity index (χ0n) is 8.67. The van der Waals surface area contributed by atoms with E-state index in [0.29, 0.717) is 0 Å². The van der Waals surface area contributed by atoms with Crippen molar-refractivity contribution >= 4 is 74.5 Å². The van der Waals surface area contributed by atoms with Crippen LogP contribution in [-0.4, -0.2) is 0 Å². The fourth-order valence-corrected chi connectivity index (χ4v) is 4.65. The molecular weight excluding hydrogens is 464 g/mol. The molecular formula is C12H8Br4. The standard InChI is InChI=1S/C12H8Br4/c1-5-3-7-9(8(13)4-5)12(16)11(15)6(2)10(7)14/h3-4H,1-2H3. The highest BCUT2D eigenvalue weighted by Gasteiger charge is 2.14. The Morgan fingerprint density at radius 2 is 1.44 bits per heavy atom. The minimum atomic E-state index is 1.09. The van der Waals surface area contributed by atoms with Crippen molar-refractivity contribution in [1.82, 2.24) is 0 Å². The van der Waals surface area contributed by atoms with Gasteiger partial charge in [0.05, 0.1) is 0 Å². The van der Waals surface area contributed by atoms with Crippen LogP contribution in [0.1, 0.15) is 11.1 Å². The summed E-state index contributed by atoms with van der Waals surface area (Å²) in [7, 11) is 0. The summed E-state index contributed by atoms with van der Waals surface area (Å²) in [5.74, 6) is 0. The van der Waals surface area contributed by atoms with Gasteiger partial charge in [0.2, 0.25) is 0 Å². The van der Waals surface area contributed by atoms with Gasteiger partial charge in [0.15, 0.2) is 0 Å². The molecule has 2 aromatic carbocycles. The van der Waals surface area contributed by atoms with E-state index in [4.69, 9.17) is 0 Å². The third-order valence-electron chi connectivity index (χ3n) is 2.54. The fourth-order valence-electron chi connectivity index (χ4n) is 1.71. The van der Waals surface area contributed by atoms with Crippen LogP contribution in [0.3, 0.4) is 0 Å². The summed E-state index contributed by atoms with van der Waals surface area (Å²) in [6, 6.07) is 4.32. The van der Waals surface area contributed by atoms with E-state index in [1.807, 2.05) is 0 Å². The van der Waals surface area contributed by atoms with Crippen LogP contribution in [-0.2, 0) is 0 Å². The average Bonchev–Trinajstić information content (AvgIpc) is 2.22. The lowest BCUT2D eigenvalue weighted by atomic mass is 10.1. The predicted octanol–water partition coefficient (Wildman–Crippen LogP) is 6.51. The number of benzene rings is 2. The molecule has 16 heavy (non-hydrogen) atoms. The molecule has 0 amide bonds. The first kappa shape index (κ1) is 13.1. The van der Waals surface area contributed by atoms with Gasteiger partial charge in [0.1, 0.15) is 0 Å². The van der Waals surface area contributed by atoms with E-state index in [1.54, 1.807) is 0 Å². The van der Waals surface area contributed by atoms with Crippen LogP contribution in [0.2, 0.25) is 0 Å². The van der Waals surface area contributed by atoms with Crippen molar-refractivity contribution in [3.8, 4) is 0 Å². The smallest absolute Gasteiger partial charge is 0.0410 e. The Bertz CT molecular complexity index is 588. The first-order chi connectivity index (χ1) is 7.43. The fraction of sp³-hybridized carbons (Fsp3) is 0.167. The number of hydrogen-bond acceptors (Lipinski definition) is 0. The molecule has 0 aliphatic heterocycles. The molecule has 0 radical (unpaired) electrons. The summed E-state index contributed by atoms with van der Waals surface area (Å²) < 4.78 is 4.43. The Kier molecular flexibility index (Phi) is 3.85. The maximum Gasteiger partial charge on any atom is 0.0410 e. The van der Waals surface area contributed by atoms with Gasteiger partial charge in [-0.25, -0.2) is 0 Å². The molecule has 0 bridgehead atoms. The van der Waals surface area contributed by atoms with E-state index in [2.05, 4.69) is 89.7 Å². The Balaban J connectivity index is 3.08. The molecule has 0 aliphatic carbocycles. The lowest BCUT2D eigenvalue weighted by molar-refractivity contribution is 1.39. The molecule has 2 aromatic rings. The van der Waals surface area contributed by atoms with Gasteiger partial charge in [0.25, 0.3) is 0 Å². The predicted molar refractivity (Wildman–Crippen MR) is 84.2 cm³/mol. The van der Waals surface area contributed by atoms with Crippen molar-refractivity contribution in [2.45, 2.75) is 13.8 Å². The molecule has 0 saturated carbocycles. The molecule has 0 fully saturated rings. The van der Waals surface area contributed by atoms with Gasteiger partial charge in [-0.2, -0.15) is 0 Å². The topological polar surface area (TPSA) is 0 Å². The molecule has 0 spiro atoms. The minimum absolute atomic E-state index is 1.09. The van der Waals surface area contributed by atoms with E-state index in [0.717, 1.165) is 17.9 Å². The molecule has 84 valence electrons. The summed E-state index contributed by atoms with van der Waals surface area (Å²) >= 11 is 14.5. The van der Waals surface area contributed by atoms with Crippen LogP contribution in [0.5, 0.6) is 0 Å². The number of fused-ring (bicyclic) bond motifs is 1. The first-order valence-corrected chi connectivity index (χ1v) is 7.83. The average molecular weight is 472 g/mol. The third kappa shape index (κ3) is 2.02. The lowest BCUT2D eigenvalue weighted by Crippen LogP contribution is -1.88. The Labute approximate surface area is 128 Å². The van der Waals surface area contributed by atoms with Gasteiger partial charge in [-0.3, -0.25) is 0 Å². The van der Waals surface area contributed by atoms with Crippen LogP contribution in [0.15, 0.2) is 30.0 Å². The van der Waals surface area contributed by atoms with Crippen molar-refractivity contribution in [1.29, 1.82) is 0 Å². The van der Waals surface area contributed by atoms with Gasteiger partial charge < -0.3 is 0 Å². The van der Waals surface area contributed by atoms with Gasteiger partial charge in [-0.05, 0) is 84.2 Å². The van der Waals surface area contributed by atoms with E-state index in [1.165, 1.54) is 21.9 Å². The van der Waals surface area contributed by atoms with E-state index < -0.39 is 0 Å². The quantitative estimate of drug-likeness (QED) is 0.384. The molecule has 0 atom stereocenters. The third-order valence-corrected chi connectivity index (χ3v) is 6.51. The van der Waals surface area contributed by atoms with Crippen LogP contribution in [0.4, 0.5) is 0 Å². The summed E-state index contributed by atoms with van der Waals surface area (Å²) in [6.45, 7) is 4.19. The number of rotatable bonds is 0. The maximum atomic E-state index is 3.66. The monoisotopic (exact) mass is 468 g/mol. The number of aryl methyl sites for hydroxylation is 1. The molecule has 4 heteroatoms. The maximum absolute atomic E-state index is 3.66. The van der Waals surface area contributed by atoms with E-state index in [-0.39, 0.29) is 0 Å². The Hall–Kier alpha value is 0.620. The molecule has 0 nitrogen and oxygen atoms in total. The highest BCUT2D eigenvalue weighted by molar-refractivity contribution is 9.13. The van der Waals surface area contributed by atoms with Crippen molar-refractivity contribution in [2.75, 3.05) is 0 Å². The van der Waals surface area contributed by atoms with Crippen LogP contribution in [0, 0.1) is 13.8 Å². The van der Waals surface area contributed by atoms with Crippen molar-refractivity contribution in [3.63, 3.8) is 0 Å². The molecule has 0 heterocycles. The molecule has 0 unspecified atom stereocenters. The molecule has 0 N–H and O–H groups in total. The van der Waals surface area contributed by atoms with E-state index in [9.17, 15) is 0 Å². The molecule has 0 aromatic heterocycles. The van der Waals surface area contributed by atoms with Crippen LogP contribution >= 0.6 is 63.7 Å². The van der Waals surface area contributed by atoms with Gasteiger partial charge in [0, 0.05) is 23.3 Å². The van der Waals surface area contributed by atoms with Gasteiger partial charge >= 0.3 is 0 Å². The first-order valence-electron chi connectivity index (χ1n) is 4.66. The number of halogens is 4. The Morgan fingerprint density at radius 3 is 2.06 bits per heavy atom. The highest BCUT2D eigenvalue weighted by Crippen LogP contribution is 2.43. The lowest BCUT2D eigenvalue weighted by Gasteiger charge is -2.12. The summed E-state index contributed by atoms with van der Waals surface area (Å²) in [4.78, 5) is 0. The molecule has 0 saturated heterocycles. The van der Waals surface area contributed by atoms with Gasteiger partial charge in [-0.1, -0.05) is 22.0 Å². The minimum Gasteiger partial charge on any atom is -0.0502 e. The summed E-state index contributed by atoms with van der Waals surface area (Å²) in [5, 5.41) is 2.41. The SMILES string of the molecule is Cc1cc(Br)c2c(Br)c(Br)c(C)c(Br)c2c1. The highest BCUT2D eigenvalue weighted by atomic mass is 79.9. The van der Waals surface area contributed by atoms with Crippen molar-refractivity contribution in [3.05, 3.63) is 41.2 Å².